The SMILES string of the molecule is Cc1nc2c(c(=O)n1C)CCN(c1nccc(N3CCC(O)C3)n1)CC2. The number of hydrogen-bond donors (Lipinski definition) is 1. The summed E-state index contributed by atoms with van der Waals surface area (Å²) < 4.78 is 1.62. The second-order valence-corrected chi connectivity index (χ2v) is 7.04. The van der Waals surface area contributed by atoms with Crippen molar-refractivity contribution in [3.63, 3.8) is 0 Å². The molecule has 1 atom stereocenters. The van der Waals surface area contributed by atoms with Crippen LogP contribution in [-0.4, -0.2) is 56.9 Å². The lowest BCUT2D eigenvalue weighted by molar-refractivity contribution is 0.198. The van der Waals surface area contributed by atoms with Gasteiger partial charge in [-0.15, -0.1) is 0 Å². The highest BCUT2D eigenvalue weighted by Crippen LogP contribution is 2.21. The first kappa shape index (κ1) is 17.0. The fraction of sp³-hybridized carbons (Fsp3) is 0.556. The van der Waals surface area contributed by atoms with E-state index in [1.165, 1.54) is 0 Å². The van der Waals surface area contributed by atoms with Crippen molar-refractivity contribution in [1.29, 1.82) is 0 Å². The topological polar surface area (TPSA) is 87.4 Å². The highest BCUT2D eigenvalue weighted by Gasteiger charge is 2.24. The number of aromatic nitrogens is 4. The van der Waals surface area contributed by atoms with Gasteiger partial charge in [-0.05, 0) is 25.8 Å². The minimum atomic E-state index is -0.286. The van der Waals surface area contributed by atoms with Gasteiger partial charge >= 0.3 is 0 Å². The third kappa shape index (κ3) is 3.05. The summed E-state index contributed by atoms with van der Waals surface area (Å²) in [6.45, 7) is 4.71. The van der Waals surface area contributed by atoms with Crippen molar-refractivity contribution < 1.29 is 5.11 Å². The Morgan fingerprint density at radius 3 is 2.73 bits per heavy atom. The molecule has 2 aliphatic rings. The zero-order valence-corrected chi connectivity index (χ0v) is 15.2. The Kier molecular flexibility index (Phi) is 4.36. The molecule has 26 heavy (non-hydrogen) atoms. The molecule has 0 radical (unpaired) electrons. The second-order valence-electron chi connectivity index (χ2n) is 7.04. The maximum absolute atomic E-state index is 12.5. The second kappa shape index (κ2) is 6.68. The van der Waals surface area contributed by atoms with Gasteiger partial charge in [-0.25, -0.2) is 9.97 Å². The molecule has 0 aromatic carbocycles. The van der Waals surface area contributed by atoms with Crippen molar-refractivity contribution in [2.24, 2.45) is 7.05 Å². The molecular weight excluding hydrogens is 332 g/mol. The molecule has 0 amide bonds. The molecule has 8 nitrogen and oxygen atoms in total. The average molecular weight is 356 g/mol. The van der Waals surface area contributed by atoms with Crippen LogP contribution in [0.1, 0.15) is 23.5 Å². The Bertz CT molecular complexity index is 880. The molecule has 0 spiro atoms. The molecule has 1 N–H and O–H groups in total. The fourth-order valence-corrected chi connectivity index (χ4v) is 3.69. The number of nitrogens with zero attached hydrogens (tertiary/aromatic N) is 6. The number of hydrogen-bond acceptors (Lipinski definition) is 7. The number of aliphatic hydroxyl groups is 1. The maximum Gasteiger partial charge on any atom is 0.256 e. The summed E-state index contributed by atoms with van der Waals surface area (Å²) in [6, 6.07) is 1.88. The summed E-state index contributed by atoms with van der Waals surface area (Å²) in [5.74, 6) is 2.26. The summed E-state index contributed by atoms with van der Waals surface area (Å²) in [6.07, 6.45) is 3.61. The molecule has 4 heterocycles. The first-order chi connectivity index (χ1) is 12.5. The standard InChI is InChI=1S/C18H24N6O2/c1-12-20-15-6-10-23(9-5-14(15)17(26)22(12)2)18-19-7-3-16(21-18)24-8-4-13(25)11-24/h3,7,13,25H,4-6,8-11H2,1-2H3. The molecule has 2 aromatic rings. The third-order valence-electron chi connectivity index (χ3n) is 5.34. The summed E-state index contributed by atoms with van der Waals surface area (Å²) in [7, 11) is 1.77. The Hall–Kier alpha value is -2.48. The molecule has 1 saturated heterocycles. The predicted molar refractivity (Wildman–Crippen MR) is 98.7 cm³/mol. The van der Waals surface area contributed by atoms with E-state index in [0.29, 0.717) is 31.9 Å². The van der Waals surface area contributed by atoms with Crippen molar-refractivity contribution in [2.45, 2.75) is 32.3 Å². The average Bonchev–Trinajstić information content (AvgIpc) is 2.96. The highest BCUT2D eigenvalue weighted by molar-refractivity contribution is 5.45. The molecule has 138 valence electrons. The van der Waals surface area contributed by atoms with Crippen LogP contribution in [0.3, 0.4) is 0 Å². The van der Waals surface area contributed by atoms with E-state index in [2.05, 4.69) is 19.8 Å². The van der Waals surface area contributed by atoms with Crippen LogP contribution in [0.2, 0.25) is 0 Å². The van der Waals surface area contributed by atoms with Crippen LogP contribution in [0, 0.1) is 6.92 Å². The molecular formula is C18H24N6O2. The van der Waals surface area contributed by atoms with Gasteiger partial charge in [-0.1, -0.05) is 0 Å². The van der Waals surface area contributed by atoms with Gasteiger partial charge in [0.05, 0.1) is 11.8 Å². The van der Waals surface area contributed by atoms with Crippen molar-refractivity contribution in [3.05, 3.63) is 39.7 Å². The Morgan fingerprint density at radius 1 is 1.15 bits per heavy atom. The van der Waals surface area contributed by atoms with E-state index in [9.17, 15) is 9.90 Å². The quantitative estimate of drug-likeness (QED) is 0.814. The van der Waals surface area contributed by atoms with Crippen molar-refractivity contribution in [3.8, 4) is 0 Å². The lowest BCUT2D eigenvalue weighted by atomic mass is 10.1. The van der Waals surface area contributed by atoms with Gasteiger partial charge in [0.25, 0.3) is 5.56 Å². The highest BCUT2D eigenvalue weighted by atomic mass is 16.3. The van der Waals surface area contributed by atoms with Crippen LogP contribution in [-0.2, 0) is 19.9 Å². The molecule has 1 unspecified atom stereocenters. The number of aliphatic hydroxyl groups excluding tert-OH is 1. The van der Waals surface area contributed by atoms with E-state index >= 15 is 0 Å². The van der Waals surface area contributed by atoms with Crippen molar-refractivity contribution in [2.75, 3.05) is 36.0 Å². The number of anilines is 2. The lowest BCUT2D eigenvalue weighted by Gasteiger charge is -2.22. The zero-order chi connectivity index (χ0) is 18.3. The molecule has 1 fully saturated rings. The zero-order valence-electron chi connectivity index (χ0n) is 15.2. The monoisotopic (exact) mass is 356 g/mol. The fourth-order valence-electron chi connectivity index (χ4n) is 3.69. The number of rotatable bonds is 2. The molecule has 8 heteroatoms. The third-order valence-corrected chi connectivity index (χ3v) is 5.34. The normalized spacial score (nSPS) is 20.2. The van der Waals surface area contributed by atoms with Gasteiger partial charge in [0.2, 0.25) is 5.95 Å². The smallest absolute Gasteiger partial charge is 0.256 e. The van der Waals surface area contributed by atoms with Gasteiger partial charge in [0.1, 0.15) is 11.6 Å². The van der Waals surface area contributed by atoms with Crippen molar-refractivity contribution in [1.82, 2.24) is 19.5 Å². The predicted octanol–water partition coefficient (Wildman–Crippen LogP) is 0.0549. The van der Waals surface area contributed by atoms with Crippen LogP contribution < -0.4 is 15.4 Å². The van der Waals surface area contributed by atoms with Crippen LogP contribution in [0.15, 0.2) is 17.1 Å². The summed E-state index contributed by atoms with van der Waals surface area (Å²) in [5, 5.41) is 9.75. The van der Waals surface area contributed by atoms with Gasteiger partial charge in [-0.2, -0.15) is 4.98 Å². The lowest BCUT2D eigenvalue weighted by Crippen LogP contribution is -2.30. The molecule has 2 aromatic heterocycles. The van der Waals surface area contributed by atoms with Gasteiger partial charge < -0.3 is 14.9 Å². The number of aryl methyl sites for hydroxylation is 1. The van der Waals surface area contributed by atoms with Crippen LogP contribution in [0.4, 0.5) is 11.8 Å². The van der Waals surface area contributed by atoms with Crippen LogP contribution in [0.5, 0.6) is 0 Å². The van der Waals surface area contributed by atoms with Crippen LogP contribution >= 0.6 is 0 Å². The molecule has 0 saturated carbocycles. The van der Waals surface area contributed by atoms with Gasteiger partial charge in [0.15, 0.2) is 0 Å². The number of fused-ring (bicyclic) bond motifs is 1. The van der Waals surface area contributed by atoms with E-state index in [0.717, 1.165) is 42.4 Å². The summed E-state index contributed by atoms with van der Waals surface area (Å²) >= 11 is 0. The van der Waals surface area contributed by atoms with E-state index in [1.807, 2.05) is 13.0 Å². The van der Waals surface area contributed by atoms with Gasteiger partial charge in [-0.3, -0.25) is 9.36 Å². The van der Waals surface area contributed by atoms with Crippen LogP contribution in [0.25, 0.3) is 0 Å². The van der Waals surface area contributed by atoms with Crippen molar-refractivity contribution >= 4 is 11.8 Å². The Morgan fingerprint density at radius 2 is 1.96 bits per heavy atom. The first-order valence-electron chi connectivity index (χ1n) is 9.09. The van der Waals surface area contributed by atoms with E-state index in [-0.39, 0.29) is 11.7 Å². The van der Waals surface area contributed by atoms with E-state index in [4.69, 9.17) is 4.98 Å². The minimum Gasteiger partial charge on any atom is -0.391 e. The summed E-state index contributed by atoms with van der Waals surface area (Å²) in [5.41, 5.74) is 1.75. The maximum atomic E-state index is 12.5. The van der Waals surface area contributed by atoms with Gasteiger partial charge in [0, 0.05) is 51.4 Å². The Balaban J connectivity index is 1.57. The molecule has 4 rings (SSSR count). The molecule has 0 aliphatic carbocycles. The Labute approximate surface area is 152 Å². The summed E-state index contributed by atoms with van der Waals surface area (Å²) in [4.78, 5) is 30.5. The first-order valence-corrected chi connectivity index (χ1v) is 9.09. The number of β-amino-alcohol motifs (C(OH)–C–C–N with tert-alkyl or cyclic N) is 1. The largest absolute Gasteiger partial charge is 0.391 e. The van der Waals surface area contributed by atoms with E-state index < -0.39 is 0 Å². The molecule has 2 aliphatic heterocycles. The van der Waals surface area contributed by atoms with E-state index in [1.54, 1.807) is 17.8 Å². The minimum absolute atomic E-state index is 0.0510. The molecule has 0 bridgehead atoms.